The highest BCUT2D eigenvalue weighted by molar-refractivity contribution is 6.16. The van der Waals surface area contributed by atoms with E-state index in [0.29, 0.717) is 0 Å². The average molecular weight is 712 g/mol. The maximum Gasteiger partial charge on any atom is 0.0978 e. The van der Waals surface area contributed by atoms with Crippen LogP contribution in [0.15, 0.2) is 200 Å². The number of para-hydroxylation sites is 1. The van der Waals surface area contributed by atoms with Crippen molar-refractivity contribution in [2.24, 2.45) is 0 Å². The molecule has 0 radical (unpaired) electrons. The molecule has 0 fully saturated rings. The summed E-state index contributed by atoms with van der Waals surface area (Å²) in [6.45, 7) is 0. The van der Waals surface area contributed by atoms with E-state index in [0.717, 1.165) is 77.5 Å². The molecule has 11 aromatic rings. The maximum absolute atomic E-state index is 5.28. The van der Waals surface area contributed by atoms with Gasteiger partial charge in [-0.1, -0.05) is 158 Å². The van der Waals surface area contributed by atoms with Crippen molar-refractivity contribution in [3.63, 3.8) is 0 Å². The molecule has 0 bridgehead atoms. The third-order valence-corrected chi connectivity index (χ3v) is 11.1. The highest BCUT2D eigenvalue weighted by Gasteiger charge is 2.15. The van der Waals surface area contributed by atoms with Gasteiger partial charge in [0.05, 0.1) is 27.9 Å². The van der Waals surface area contributed by atoms with Crippen LogP contribution in [0.5, 0.6) is 0 Å². The van der Waals surface area contributed by atoms with Gasteiger partial charge >= 0.3 is 0 Å². The second kappa shape index (κ2) is 13.1. The maximum atomic E-state index is 5.28. The Morgan fingerprint density at radius 2 is 0.821 bits per heavy atom. The summed E-state index contributed by atoms with van der Waals surface area (Å²) in [7, 11) is 0. The SMILES string of the molecule is c1ccc2cc(-c3cc(-c4ccc(-c5ccc(-c6c7ccccc7nc7c6ccc6cccnc67)cc5)cc4)nc(-c4ccc5ccccc5c4)c3)ccc2c1. The van der Waals surface area contributed by atoms with Crippen molar-refractivity contribution in [1.29, 1.82) is 0 Å². The summed E-state index contributed by atoms with van der Waals surface area (Å²) in [5.41, 5.74) is 13.9. The number of fused-ring (bicyclic) bond motifs is 6. The Labute approximate surface area is 324 Å². The van der Waals surface area contributed by atoms with Crippen LogP contribution < -0.4 is 0 Å². The van der Waals surface area contributed by atoms with Crippen LogP contribution in [0.4, 0.5) is 0 Å². The van der Waals surface area contributed by atoms with Gasteiger partial charge in [-0.15, -0.1) is 0 Å². The van der Waals surface area contributed by atoms with Gasteiger partial charge in [0.1, 0.15) is 0 Å². The van der Waals surface area contributed by atoms with Crippen LogP contribution in [0, 0.1) is 0 Å². The first-order valence-corrected chi connectivity index (χ1v) is 19.0. The van der Waals surface area contributed by atoms with Crippen molar-refractivity contribution < 1.29 is 0 Å². The van der Waals surface area contributed by atoms with E-state index in [-0.39, 0.29) is 0 Å². The van der Waals surface area contributed by atoms with Gasteiger partial charge in [0.2, 0.25) is 0 Å². The average Bonchev–Trinajstić information content (AvgIpc) is 3.28. The number of hydrogen-bond acceptors (Lipinski definition) is 3. The molecule has 0 aliphatic carbocycles. The summed E-state index contributed by atoms with van der Waals surface area (Å²) < 4.78 is 0. The van der Waals surface area contributed by atoms with Crippen molar-refractivity contribution in [3.8, 4) is 55.9 Å². The first-order valence-electron chi connectivity index (χ1n) is 19.0. The van der Waals surface area contributed by atoms with Gasteiger partial charge in [0.25, 0.3) is 0 Å². The Bertz CT molecular complexity index is 3200. The first kappa shape index (κ1) is 32.0. The standard InChI is InChI=1S/C53H33N3/c1-3-10-41-30-43(25-19-34(41)8-1)45-32-49(55-50(33-45)44-26-20-35-9-2-4-11-42(35)31-44)38-21-15-36(16-22-38)37-17-23-39(24-18-37)51-46-13-5-6-14-48(46)56-53-47(51)28-27-40-12-7-29-54-52(40)53/h1-33H. The van der Waals surface area contributed by atoms with E-state index in [4.69, 9.17) is 15.0 Å². The Kier molecular flexibility index (Phi) is 7.49. The molecule has 0 unspecified atom stereocenters. The minimum atomic E-state index is 0.926. The largest absolute Gasteiger partial charge is 0.254 e. The third-order valence-electron chi connectivity index (χ3n) is 11.1. The second-order valence-corrected chi connectivity index (χ2v) is 14.4. The number of benzene rings is 8. The molecule has 3 heterocycles. The lowest BCUT2D eigenvalue weighted by Gasteiger charge is -2.14. The molecular formula is C53H33N3. The lowest BCUT2D eigenvalue weighted by Crippen LogP contribution is -1.92. The van der Waals surface area contributed by atoms with E-state index in [2.05, 4.69) is 188 Å². The molecule has 260 valence electrons. The van der Waals surface area contributed by atoms with Crippen molar-refractivity contribution in [2.45, 2.75) is 0 Å². The van der Waals surface area contributed by atoms with E-state index < -0.39 is 0 Å². The summed E-state index contributed by atoms with van der Waals surface area (Å²) in [6.07, 6.45) is 1.85. The molecule has 56 heavy (non-hydrogen) atoms. The van der Waals surface area contributed by atoms with Gasteiger partial charge in [-0.2, -0.15) is 0 Å². The molecular weight excluding hydrogens is 679 g/mol. The molecule has 0 aliphatic heterocycles. The van der Waals surface area contributed by atoms with Crippen molar-refractivity contribution >= 4 is 54.3 Å². The molecule has 0 aliphatic rings. The zero-order valence-electron chi connectivity index (χ0n) is 30.4. The fraction of sp³-hybridized carbons (Fsp3) is 0. The van der Waals surface area contributed by atoms with Crippen LogP contribution in [0.1, 0.15) is 0 Å². The molecule has 0 saturated carbocycles. The zero-order valence-corrected chi connectivity index (χ0v) is 30.4. The first-order chi connectivity index (χ1) is 27.7. The van der Waals surface area contributed by atoms with Crippen LogP contribution >= 0.6 is 0 Å². The van der Waals surface area contributed by atoms with Crippen molar-refractivity contribution in [2.75, 3.05) is 0 Å². The summed E-state index contributed by atoms with van der Waals surface area (Å²) in [5.74, 6) is 0. The van der Waals surface area contributed by atoms with Gasteiger partial charge in [-0.25, -0.2) is 9.97 Å². The van der Waals surface area contributed by atoms with Crippen molar-refractivity contribution in [1.82, 2.24) is 15.0 Å². The molecule has 8 aromatic carbocycles. The fourth-order valence-corrected chi connectivity index (χ4v) is 8.18. The van der Waals surface area contributed by atoms with E-state index in [1.807, 2.05) is 12.3 Å². The Morgan fingerprint density at radius 3 is 1.55 bits per heavy atom. The topological polar surface area (TPSA) is 38.7 Å². The van der Waals surface area contributed by atoms with Gasteiger partial charge in [-0.05, 0) is 85.8 Å². The Hall–Kier alpha value is -7.49. The molecule has 0 spiro atoms. The molecule has 0 N–H and O–H groups in total. The van der Waals surface area contributed by atoms with E-state index in [1.54, 1.807) is 0 Å². The molecule has 3 nitrogen and oxygen atoms in total. The number of aromatic nitrogens is 3. The number of nitrogens with zero attached hydrogens (tertiary/aromatic N) is 3. The zero-order chi connectivity index (χ0) is 37.0. The molecule has 3 aromatic heterocycles. The number of hydrogen-bond donors (Lipinski definition) is 0. The smallest absolute Gasteiger partial charge is 0.0978 e. The van der Waals surface area contributed by atoms with Crippen LogP contribution in [0.2, 0.25) is 0 Å². The number of pyridine rings is 3. The van der Waals surface area contributed by atoms with E-state index in [9.17, 15) is 0 Å². The van der Waals surface area contributed by atoms with Gasteiger partial charge < -0.3 is 0 Å². The van der Waals surface area contributed by atoms with Crippen molar-refractivity contribution in [3.05, 3.63) is 200 Å². The molecule has 0 atom stereocenters. The lowest BCUT2D eigenvalue weighted by molar-refractivity contribution is 1.32. The van der Waals surface area contributed by atoms with Crippen LogP contribution in [-0.2, 0) is 0 Å². The monoisotopic (exact) mass is 711 g/mol. The summed E-state index contributed by atoms with van der Waals surface area (Å²) in [5, 5.41) is 8.21. The second-order valence-electron chi connectivity index (χ2n) is 14.4. The predicted molar refractivity (Wildman–Crippen MR) is 235 cm³/mol. The van der Waals surface area contributed by atoms with Crippen LogP contribution in [0.3, 0.4) is 0 Å². The quantitative estimate of drug-likeness (QED) is 0.132. The number of rotatable bonds is 5. The molecule has 11 rings (SSSR count). The van der Waals surface area contributed by atoms with Gasteiger partial charge in [0, 0.05) is 39.0 Å². The third kappa shape index (κ3) is 5.57. The predicted octanol–water partition coefficient (Wildman–Crippen LogP) is 14.0. The molecule has 0 saturated heterocycles. The van der Waals surface area contributed by atoms with Gasteiger partial charge in [0.15, 0.2) is 0 Å². The fourth-order valence-electron chi connectivity index (χ4n) is 8.18. The minimum Gasteiger partial charge on any atom is -0.254 e. The summed E-state index contributed by atoms with van der Waals surface area (Å²) in [6, 6.07) is 69.3. The lowest BCUT2D eigenvalue weighted by atomic mass is 9.93. The Balaban J connectivity index is 0.977. The minimum absolute atomic E-state index is 0.926. The normalized spacial score (nSPS) is 11.6. The van der Waals surface area contributed by atoms with E-state index in [1.165, 1.54) is 32.7 Å². The summed E-state index contributed by atoms with van der Waals surface area (Å²) >= 11 is 0. The molecule has 0 amide bonds. The van der Waals surface area contributed by atoms with Crippen LogP contribution in [-0.4, -0.2) is 15.0 Å². The highest BCUT2D eigenvalue weighted by atomic mass is 14.7. The van der Waals surface area contributed by atoms with E-state index >= 15 is 0 Å². The highest BCUT2D eigenvalue weighted by Crippen LogP contribution is 2.39. The molecule has 3 heteroatoms. The van der Waals surface area contributed by atoms with Crippen LogP contribution in [0.25, 0.3) is 110 Å². The summed E-state index contributed by atoms with van der Waals surface area (Å²) in [4.78, 5) is 15.1. The Morgan fingerprint density at radius 1 is 0.286 bits per heavy atom. The van der Waals surface area contributed by atoms with Gasteiger partial charge in [-0.3, -0.25) is 4.98 Å².